The Balaban J connectivity index is 1.49. The molecule has 1 aromatic heterocycles. The first-order chi connectivity index (χ1) is 12.2. The minimum atomic E-state index is -0.340. The quantitative estimate of drug-likeness (QED) is 0.770. The SMILES string of the molecule is O=C1CCCN1Cc1ccccc1CNc1nc2cc(F)ccc2o1. The van der Waals surface area contributed by atoms with Crippen LogP contribution in [0.4, 0.5) is 10.4 Å². The highest BCUT2D eigenvalue weighted by molar-refractivity contribution is 5.78. The Hall–Kier alpha value is -2.89. The summed E-state index contributed by atoms with van der Waals surface area (Å²) in [5.41, 5.74) is 3.21. The summed E-state index contributed by atoms with van der Waals surface area (Å²) < 4.78 is 18.8. The van der Waals surface area contributed by atoms with Crippen LogP contribution in [-0.2, 0) is 17.9 Å². The van der Waals surface area contributed by atoms with Crippen LogP contribution >= 0.6 is 0 Å². The number of carbonyl (C=O) groups is 1. The number of hydrogen-bond acceptors (Lipinski definition) is 4. The maximum atomic E-state index is 13.2. The molecule has 0 bridgehead atoms. The van der Waals surface area contributed by atoms with Crippen LogP contribution in [0.15, 0.2) is 46.9 Å². The fourth-order valence-corrected chi connectivity index (χ4v) is 3.11. The topological polar surface area (TPSA) is 58.4 Å². The summed E-state index contributed by atoms with van der Waals surface area (Å²) >= 11 is 0. The molecule has 1 aliphatic heterocycles. The van der Waals surface area contributed by atoms with E-state index in [2.05, 4.69) is 10.3 Å². The average Bonchev–Trinajstić information content (AvgIpc) is 3.19. The minimum absolute atomic E-state index is 0.212. The summed E-state index contributed by atoms with van der Waals surface area (Å²) in [5, 5.41) is 3.14. The van der Waals surface area contributed by atoms with E-state index in [0.717, 1.165) is 24.1 Å². The smallest absolute Gasteiger partial charge is 0.295 e. The number of hydrogen-bond donors (Lipinski definition) is 1. The van der Waals surface area contributed by atoms with Gasteiger partial charge in [-0.05, 0) is 29.7 Å². The zero-order valence-electron chi connectivity index (χ0n) is 13.7. The molecule has 2 heterocycles. The summed E-state index contributed by atoms with van der Waals surface area (Å²) in [6, 6.07) is 12.6. The van der Waals surface area contributed by atoms with Crippen molar-refractivity contribution in [1.82, 2.24) is 9.88 Å². The maximum absolute atomic E-state index is 13.2. The van der Waals surface area contributed by atoms with E-state index in [1.54, 1.807) is 6.07 Å². The lowest BCUT2D eigenvalue weighted by Crippen LogP contribution is -2.24. The second-order valence-corrected chi connectivity index (χ2v) is 6.17. The van der Waals surface area contributed by atoms with Gasteiger partial charge in [-0.3, -0.25) is 4.79 Å². The van der Waals surface area contributed by atoms with Crippen LogP contribution in [-0.4, -0.2) is 22.3 Å². The van der Waals surface area contributed by atoms with Gasteiger partial charge < -0.3 is 14.6 Å². The van der Waals surface area contributed by atoms with Crippen molar-refractivity contribution in [1.29, 1.82) is 0 Å². The molecule has 1 aliphatic rings. The van der Waals surface area contributed by atoms with Crippen LogP contribution in [0.1, 0.15) is 24.0 Å². The zero-order chi connectivity index (χ0) is 17.2. The highest BCUT2D eigenvalue weighted by Crippen LogP contribution is 2.21. The average molecular weight is 339 g/mol. The van der Waals surface area contributed by atoms with Crippen molar-refractivity contribution in [2.24, 2.45) is 0 Å². The number of nitrogens with one attached hydrogen (secondary N) is 1. The number of carbonyl (C=O) groups excluding carboxylic acids is 1. The lowest BCUT2D eigenvalue weighted by Gasteiger charge is -2.18. The van der Waals surface area contributed by atoms with E-state index in [0.29, 0.717) is 36.6 Å². The maximum Gasteiger partial charge on any atom is 0.295 e. The number of benzene rings is 2. The number of oxazole rings is 1. The molecule has 1 saturated heterocycles. The third-order valence-electron chi connectivity index (χ3n) is 4.43. The molecule has 3 aromatic rings. The Bertz CT molecular complexity index is 922. The van der Waals surface area contributed by atoms with Crippen molar-refractivity contribution in [2.45, 2.75) is 25.9 Å². The Labute approximate surface area is 144 Å². The van der Waals surface area contributed by atoms with E-state index in [1.807, 2.05) is 29.2 Å². The minimum Gasteiger partial charge on any atom is -0.424 e. The number of fused-ring (bicyclic) bond motifs is 1. The molecule has 0 spiro atoms. The van der Waals surface area contributed by atoms with Crippen molar-refractivity contribution in [2.75, 3.05) is 11.9 Å². The summed E-state index contributed by atoms with van der Waals surface area (Å²) in [6.07, 6.45) is 1.57. The Morgan fingerprint density at radius 1 is 1.20 bits per heavy atom. The molecule has 1 N–H and O–H groups in total. The van der Waals surface area contributed by atoms with E-state index in [-0.39, 0.29) is 11.7 Å². The van der Waals surface area contributed by atoms with E-state index in [4.69, 9.17) is 4.42 Å². The van der Waals surface area contributed by atoms with Gasteiger partial charge >= 0.3 is 0 Å². The van der Waals surface area contributed by atoms with Crippen molar-refractivity contribution >= 4 is 23.0 Å². The van der Waals surface area contributed by atoms with Crippen LogP contribution in [0.25, 0.3) is 11.1 Å². The molecule has 1 fully saturated rings. The molecule has 25 heavy (non-hydrogen) atoms. The van der Waals surface area contributed by atoms with Gasteiger partial charge in [0, 0.05) is 32.1 Å². The second-order valence-electron chi connectivity index (χ2n) is 6.17. The highest BCUT2D eigenvalue weighted by atomic mass is 19.1. The van der Waals surface area contributed by atoms with Gasteiger partial charge in [-0.15, -0.1) is 0 Å². The molecule has 2 aromatic carbocycles. The number of anilines is 1. The molecule has 0 unspecified atom stereocenters. The normalized spacial score (nSPS) is 14.4. The second kappa shape index (κ2) is 6.55. The van der Waals surface area contributed by atoms with E-state index >= 15 is 0 Å². The molecular weight excluding hydrogens is 321 g/mol. The molecule has 128 valence electrons. The van der Waals surface area contributed by atoms with Gasteiger partial charge in [-0.25, -0.2) is 4.39 Å². The van der Waals surface area contributed by atoms with Crippen molar-refractivity contribution in [3.63, 3.8) is 0 Å². The largest absolute Gasteiger partial charge is 0.424 e. The Morgan fingerprint density at radius 3 is 2.84 bits per heavy atom. The van der Waals surface area contributed by atoms with Crippen LogP contribution in [0.2, 0.25) is 0 Å². The van der Waals surface area contributed by atoms with Gasteiger partial charge in [-0.2, -0.15) is 4.98 Å². The number of amides is 1. The van der Waals surface area contributed by atoms with E-state index < -0.39 is 0 Å². The molecule has 0 radical (unpaired) electrons. The van der Waals surface area contributed by atoms with Gasteiger partial charge in [-0.1, -0.05) is 24.3 Å². The monoisotopic (exact) mass is 339 g/mol. The number of likely N-dealkylation sites (tertiary alicyclic amines) is 1. The van der Waals surface area contributed by atoms with Crippen molar-refractivity contribution in [3.05, 3.63) is 59.4 Å². The number of rotatable bonds is 5. The molecule has 0 atom stereocenters. The predicted octanol–water partition coefficient (Wildman–Crippen LogP) is 3.70. The van der Waals surface area contributed by atoms with E-state index in [9.17, 15) is 9.18 Å². The summed E-state index contributed by atoms with van der Waals surface area (Å²) in [4.78, 5) is 18.0. The molecule has 5 nitrogen and oxygen atoms in total. The van der Waals surface area contributed by atoms with Gasteiger partial charge in [0.1, 0.15) is 11.3 Å². The van der Waals surface area contributed by atoms with Crippen LogP contribution in [0.5, 0.6) is 0 Å². The first-order valence-electron chi connectivity index (χ1n) is 8.33. The Morgan fingerprint density at radius 2 is 2.04 bits per heavy atom. The molecule has 0 aliphatic carbocycles. The third-order valence-corrected chi connectivity index (χ3v) is 4.43. The predicted molar refractivity (Wildman–Crippen MR) is 92.4 cm³/mol. The van der Waals surface area contributed by atoms with Gasteiger partial charge in [0.25, 0.3) is 6.01 Å². The number of aromatic nitrogens is 1. The molecule has 6 heteroatoms. The summed E-state index contributed by atoms with van der Waals surface area (Å²) in [7, 11) is 0. The van der Waals surface area contributed by atoms with Crippen molar-refractivity contribution in [3.8, 4) is 0 Å². The summed E-state index contributed by atoms with van der Waals surface area (Å²) in [6.45, 7) is 1.96. The highest BCUT2D eigenvalue weighted by Gasteiger charge is 2.20. The number of nitrogens with zero attached hydrogens (tertiary/aromatic N) is 2. The molecule has 4 rings (SSSR count). The standard InChI is InChI=1S/C19H18FN3O2/c20-15-7-8-17-16(10-15)22-19(25-17)21-11-13-4-1-2-5-14(13)12-23-9-3-6-18(23)24/h1-2,4-5,7-8,10H,3,6,9,11-12H2,(H,21,22). The van der Waals surface area contributed by atoms with Gasteiger partial charge in [0.05, 0.1) is 0 Å². The van der Waals surface area contributed by atoms with Gasteiger partial charge in [0.2, 0.25) is 5.91 Å². The van der Waals surface area contributed by atoms with E-state index in [1.165, 1.54) is 12.1 Å². The lowest BCUT2D eigenvalue weighted by atomic mass is 10.1. The lowest BCUT2D eigenvalue weighted by molar-refractivity contribution is -0.128. The van der Waals surface area contributed by atoms with Crippen molar-refractivity contribution < 1.29 is 13.6 Å². The summed E-state index contributed by atoms with van der Waals surface area (Å²) in [5.74, 6) is -0.128. The molecule has 1 amide bonds. The Kier molecular flexibility index (Phi) is 4.09. The fraction of sp³-hybridized carbons (Fsp3) is 0.263. The first kappa shape index (κ1) is 15.6. The number of halogens is 1. The fourth-order valence-electron chi connectivity index (χ4n) is 3.11. The van der Waals surface area contributed by atoms with Gasteiger partial charge in [0.15, 0.2) is 5.58 Å². The first-order valence-corrected chi connectivity index (χ1v) is 8.33. The third kappa shape index (κ3) is 3.33. The van der Waals surface area contributed by atoms with Crippen LogP contribution in [0, 0.1) is 5.82 Å². The zero-order valence-corrected chi connectivity index (χ0v) is 13.7. The van der Waals surface area contributed by atoms with Crippen LogP contribution in [0.3, 0.4) is 0 Å². The molecular formula is C19H18FN3O2. The van der Waals surface area contributed by atoms with Crippen LogP contribution < -0.4 is 5.32 Å². The molecule has 0 saturated carbocycles.